The number of amides is 1. The first-order valence-corrected chi connectivity index (χ1v) is 10.0. The predicted octanol–water partition coefficient (Wildman–Crippen LogP) is 2.24. The highest BCUT2D eigenvalue weighted by atomic mass is 16.5. The topological polar surface area (TPSA) is 89.3 Å². The number of anilines is 1. The van der Waals surface area contributed by atoms with Crippen LogP contribution in [0.4, 0.5) is 5.69 Å². The molecule has 1 fully saturated rings. The standard InChI is InChI=1S/C22H24N2O6/c1-23-17-9-15(5-6-20(17)30-14-22(23)27)19(26)12-29-21-13-28-16(10-18(21)25)11-24-7-3-2-4-8-24/h5-6,9-10,13H,2-4,7-8,11-12,14H2,1H3. The Labute approximate surface area is 174 Å². The van der Waals surface area contributed by atoms with Crippen LogP contribution in [0, 0.1) is 0 Å². The predicted molar refractivity (Wildman–Crippen MR) is 109 cm³/mol. The van der Waals surface area contributed by atoms with E-state index in [-0.39, 0.29) is 36.1 Å². The van der Waals surface area contributed by atoms with Gasteiger partial charge in [0.2, 0.25) is 11.2 Å². The van der Waals surface area contributed by atoms with Gasteiger partial charge in [-0.15, -0.1) is 0 Å². The monoisotopic (exact) mass is 412 g/mol. The molecule has 158 valence electrons. The van der Waals surface area contributed by atoms with Gasteiger partial charge in [-0.2, -0.15) is 0 Å². The van der Waals surface area contributed by atoms with Crippen molar-refractivity contribution in [3.8, 4) is 11.5 Å². The Kier molecular flexibility index (Phi) is 5.85. The molecular formula is C22H24N2O6. The van der Waals surface area contributed by atoms with Gasteiger partial charge < -0.3 is 18.8 Å². The Morgan fingerprint density at radius 2 is 1.93 bits per heavy atom. The highest BCUT2D eigenvalue weighted by Gasteiger charge is 2.23. The van der Waals surface area contributed by atoms with Crippen molar-refractivity contribution in [3.05, 3.63) is 52.1 Å². The number of benzene rings is 1. The Hall–Kier alpha value is -3.13. The van der Waals surface area contributed by atoms with E-state index in [9.17, 15) is 14.4 Å². The lowest BCUT2D eigenvalue weighted by atomic mass is 10.1. The Bertz CT molecular complexity index is 1010. The molecular weight excluding hydrogens is 388 g/mol. The van der Waals surface area contributed by atoms with Crippen LogP contribution in [0.5, 0.6) is 11.5 Å². The van der Waals surface area contributed by atoms with Crippen molar-refractivity contribution in [2.45, 2.75) is 25.8 Å². The number of rotatable bonds is 6. The van der Waals surface area contributed by atoms with Crippen LogP contribution in [-0.2, 0) is 11.3 Å². The van der Waals surface area contributed by atoms with E-state index in [0.717, 1.165) is 25.9 Å². The van der Waals surface area contributed by atoms with Crippen LogP contribution < -0.4 is 19.8 Å². The van der Waals surface area contributed by atoms with Crippen molar-refractivity contribution in [2.75, 3.05) is 38.3 Å². The second-order valence-corrected chi connectivity index (χ2v) is 7.55. The van der Waals surface area contributed by atoms with Gasteiger partial charge in [0.15, 0.2) is 19.0 Å². The van der Waals surface area contributed by atoms with Crippen molar-refractivity contribution in [1.29, 1.82) is 0 Å². The van der Waals surface area contributed by atoms with Crippen LogP contribution in [-0.4, -0.2) is 49.9 Å². The fraction of sp³-hybridized carbons (Fsp3) is 0.409. The molecule has 0 atom stereocenters. The van der Waals surface area contributed by atoms with E-state index in [2.05, 4.69) is 4.90 Å². The second kappa shape index (κ2) is 8.71. The summed E-state index contributed by atoms with van der Waals surface area (Å²) in [6.45, 7) is 2.26. The number of Topliss-reactive ketones (excluding diaryl/α,β-unsaturated/α-hetero) is 1. The number of likely N-dealkylation sites (tertiary alicyclic amines) is 1. The maximum absolute atomic E-state index is 12.5. The lowest BCUT2D eigenvalue weighted by Crippen LogP contribution is -2.35. The van der Waals surface area contributed by atoms with E-state index < -0.39 is 0 Å². The minimum Gasteiger partial charge on any atom is -0.482 e. The molecule has 8 heteroatoms. The highest BCUT2D eigenvalue weighted by Crippen LogP contribution is 2.32. The minimum absolute atomic E-state index is 0.000617. The van der Waals surface area contributed by atoms with E-state index >= 15 is 0 Å². The van der Waals surface area contributed by atoms with Gasteiger partial charge in [-0.1, -0.05) is 6.42 Å². The van der Waals surface area contributed by atoms with Crippen LogP contribution in [0.3, 0.4) is 0 Å². The number of hydrogen-bond donors (Lipinski definition) is 0. The smallest absolute Gasteiger partial charge is 0.264 e. The first-order valence-electron chi connectivity index (χ1n) is 10.0. The zero-order valence-corrected chi connectivity index (χ0v) is 16.9. The summed E-state index contributed by atoms with van der Waals surface area (Å²) in [6.07, 6.45) is 4.83. The molecule has 0 unspecified atom stereocenters. The Morgan fingerprint density at radius 3 is 2.70 bits per heavy atom. The molecule has 0 N–H and O–H groups in total. The maximum atomic E-state index is 12.5. The molecule has 0 saturated carbocycles. The number of piperidine rings is 1. The molecule has 0 aliphatic carbocycles. The average molecular weight is 412 g/mol. The largest absolute Gasteiger partial charge is 0.482 e. The number of carbonyl (C=O) groups excluding carboxylic acids is 2. The van der Waals surface area contributed by atoms with E-state index in [4.69, 9.17) is 13.9 Å². The van der Waals surface area contributed by atoms with Gasteiger partial charge in [0.25, 0.3) is 5.91 Å². The van der Waals surface area contributed by atoms with Crippen LogP contribution in [0.25, 0.3) is 0 Å². The van der Waals surface area contributed by atoms with Gasteiger partial charge in [-0.25, -0.2) is 0 Å². The molecule has 2 aliphatic rings. The Morgan fingerprint density at radius 1 is 1.13 bits per heavy atom. The fourth-order valence-corrected chi connectivity index (χ4v) is 3.64. The van der Waals surface area contributed by atoms with E-state index in [1.165, 1.54) is 23.7 Å². The quantitative estimate of drug-likeness (QED) is 0.672. The number of likely N-dealkylation sites (N-methyl/N-ethyl adjacent to an activating group) is 1. The van der Waals surface area contributed by atoms with Crippen molar-refractivity contribution in [1.82, 2.24) is 4.90 Å². The molecule has 1 aromatic carbocycles. The van der Waals surface area contributed by atoms with Gasteiger partial charge in [0.1, 0.15) is 17.8 Å². The van der Waals surface area contributed by atoms with Crippen molar-refractivity contribution in [3.63, 3.8) is 0 Å². The summed E-state index contributed by atoms with van der Waals surface area (Å²) in [5, 5.41) is 0. The summed E-state index contributed by atoms with van der Waals surface area (Å²) in [5.41, 5.74) is 0.578. The number of fused-ring (bicyclic) bond motifs is 1. The summed E-state index contributed by atoms with van der Waals surface area (Å²) >= 11 is 0. The normalized spacial score (nSPS) is 16.7. The lowest BCUT2D eigenvalue weighted by Gasteiger charge is -2.26. The van der Waals surface area contributed by atoms with Gasteiger partial charge in [-0.3, -0.25) is 19.3 Å². The molecule has 3 heterocycles. The zero-order chi connectivity index (χ0) is 21.1. The number of nitrogens with zero attached hydrogens (tertiary/aromatic N) is 2. The SMILES string of the molecule is CN1C(=O)COc2ccc(C(=O)COc3coc(CN4CCCCC4)cc3=O)cc21. The average Bonchev–Trinajstić information content (AvgIpc) is 2.76. The van der Waals surface area contributed by atoms with Crippen molar-refractivity contribution < 1.29 is 23.5 Å². The third kappa shape index (κ3) is 4.38. The number of ether oxygens (including phenoxy) is 2. The van der Waals surface area contributed by atoms with Crippen LogP contribution >= 0.6 is 0 Å². The summed E-state index contributed by atoms with van der Waals surface area (Å²) in [5.74, 6) is 0.619. The number of hydrogen-bond acceptors (Lipinski definition) is 7. The molecule has 8 nitrogen and oxygen atoms in total. The molecule has 0 bridgehead atoms. The summed E-state index contributed by atoms with van der Waals surface area (Å²) in [4.78, 5) is 40.3. The molecule has 4 rings (SSSR count). The van der Waals surface area contributed by atoms with Gasteiger partial charge >= 0.3 is 0 Å². The molecule has 1 saturated heterocycles. The zero-order valence-electron chi connectivity index (χ0n) is 16.9. The number of carbonyl (C=O) groups is 2. The van der Waals surface area contributed by atoms with Gasteiger partial charge in [-0.05, 0) is 44.1 Å². The highest BCUT2D eigenvalue weighted by molar-refractivity contribution is 6.02. The number of ketones is 1. The first kappa shape index (κ1) is 20.2. The molecule has 2 aliphatic heterocycles. The van der Waals surface area contributed by atoms with Crippen LogP contribution in [0.1, 0.15) is 35.4 Å². The lowest BCUT2D eigenvalue weighted by molar-refractivity contribution is -0.120. The minimum atomic E-state index is -0.319. The van der Waals surface area contributed by atoms with E-state index in [1.54, 1.807) is 25.2 Å². The van der Waals surface area contributed by atoms with Crippen molar-refractivity contribution >= 4 is 17.4 Å². The summed E-state index contributed by atoms with van der Waals surface area (Å²) in [6, 6.07) is 6.27. The van der Waals surface area contributed by atoms with E-state index in [1.807, 2.05) is 0 Å². The Balaban J connectivity index is 1.39. The van der Waals surface area contributed by atoms with E-state index in [0.29, 0.717) is 29.3 Å². The first-order chi connectivity index (χ1) is 14.5. The third-order valence-corrected chi connectivity index (χ3v) is 5.41. The molecule has 30 heavy (non-hydrogen) atoms. The van der Waals surface area contributed by atoms with Crippen LogP contribution in [0.15, 0.2) is 39.7 Å². The van der Waals surface area contributed by atoms with Crippen molar-refractivity contribution in [2.24, 2.45) is 0 Å². The van der Waals surface area contributed by atoms with Gasteiger partial charge in [0, 0.05) is 18.7 Å². The third-order valence-electron chi connectivity index (χ3n) is 5.41. The summed E-state index contributed by atoms with van der Waals surface area (Å²) < 4.78 is 16.3. The molecule has 2 aromatic rings. The maximum Gasteiger partial charge on any atom is 0.264 e. The van der Waals surface area contributed by atoms with Gasteiger partial charge in [0.05, 0.1) is 12.2 Å². The molecule has 1 aromatic heterocycles. The second-order valence-electron chi connectivity index (χ2n) is 7.55. The van der Waals surface area contributed by atoms with Crippen LogP contribution in [0.2, 0.25) is 0 Å². The summed E-state index contributed by atoms with van der Waals surface area (Å²) in [7, 11) is 1.63. The molecule has 1 amide bonds. The fourth-order valence-electron chi connectivity index (χ4n) is 3.64. The molecule has 0 radical (unpaired) electrons. The molecule has 0 spiro atoms.